The topological polar surface area (TPSA) is 78.1 Å². The van der Waals surface area contributed by atoms with Crippen molar-refractivity contribution in [3.63, 3.8) is 0 Å². The van der Waals surface area contributed by atoms with Crippen LogP contribution in [-0.2, 0) is 12.8 Å². The van der Waals surface area contributed by atoms with Crippen molar-refractivity contribution >= 4 is 23.5 Å². The molecule has 2 amide bonds. The number of carbonyl (C=O) groups excluding carboxylic acids is 1. The van der Waals surface area contributed by atoms with Crippen molar-refractivity contribution in [3.8, 4) is 23.0 Å². The van der Waals surface area contributed by atoms with Gasteiger partial charge < -0.3 is 29.6 Å². The van der Waals surface area contributed by atoms with Gasteiger partial charge in [-0.2, -0.15) is 0 Å². The number of ether oxygens (including phenoxy) is 4. The first-order valence-electron chi connectivity index (χ1n) is 10.6. The van der Waals surface area contributed by atoms with E-state index in [1.165, 1.54) is 0 Å². The summed E-state index contributed by atoms with van der Waals surface area (Å²) in [6, 6.07) is 19.1. The van der Waals surface area contributed by atoms with Crippen LogP contribution in [0.4, 0.5) is 10.5 Å². The van der Waals surface area contributed by atoms with Crippen LogP contribution in [0.3, 0.4) is 0 Å². The third-order valence-electron chi connectivity index (χ3n) is 5.50. The van der Waals surface area contributed by atoms with Gasteiger partial charge in [-0.15, -0.1) is 11.8 Å². The van der Waals surface area contributed by atoms with Crippen LogP contribution in [0.25, 0.3) is 0 Å². The minimum atomic E-state index is -0.250. The number of rotatable bonds is 7. The fourth-order valence-corrected chi connectivity index (χ4v) is 4.39. The summed E-state index contributed by atoms with van der Waals surface area (Å²) in [6.07, 6.45) is 3.26. The van der Waals surface area contributed by atoms with Crippen LogP contribution in [-0.4, -0.2) is 31.9 Å². The van der Waals surface area contributed by atoms with E-state index in [4.69, 9.17) is 18.9 Å². The summed E-state index contributed by atoms with van der Waals surface area (Å²) in [5, 5.41) is 6.08. The second-order valence-electron chi connectivity index (χ2n) is 7.81. The molecule has 0 radical (unpaired) electrons. The molecule has 170 valence electrons. The molecule has 2 aliphatic rings. The van der Waals surface area contributed by atoms with Gasteiger partial charge in [0.15, 0.2) is 23.0 Å². The van der Waals surface area contributed by atoms with Crippen molar-refractivity contribution in [1.82, 2.24) is 5.32 Å². The second kappa shape index (κ2) is 9.54. The van der Waals surface area contributed by atoms with Crippen LogP contribution in [0, 0.1) is 0 Å². The third kappa shape index (κ3) is 5.12. The number of anilines is 1. The fourth-order valence-electron chi connectivity index (χ4n) is 3.93. The molecule has 0 aliphatic carbocycles. The maximum Gasteiger partial charge on any atom is 0.319 e. The van der Waals surface area contributed by atoms with Gasteiger partial charge in [-0.1, -0.05) is 18.2 Å². The van der Waals surface area contributed by atoms with E-state index in [0.29, 0.717) is 12.8 Å². The predicted molar refractivity (Wildman–Crippen MR) is 127 cm³/mol. The summed E-state index contributed by atoms with van der Waals surface area (Å²) in [5.74, 6) is 2.94. The van der Waals surface area contributed by atoms with Crippen molar-refractivity contribution in [2.24, 2.45) is 0 Å². The monoisotopic (exact) mass is 464 g/mol. The molecule has 0 aromatic heterocycles. The molecule has 0 saturated heterocycles. The minimum absolute atomic E-state index is 0.158. The molecule has 0 atom stereocenters. The second-order valence-corrected chi connectivity index (χ2v) is 8.69. The number of benzene rings is 3. The number of nitrogens with one attached hydrogen (secondary N) is 2. The Labute approximate surface area is 196 Å². The molecule has 0 fully saturated rings. The fraction of sp³-hybridized carbons (Fsp3) is 0.240. The molecule has 2 heterocycles. The van der Waals surface area contributed by atoms with Gasteiger partial charge in [0.25, 0.3) is 0 Å². The first-order chi connectivity index (χ1) is 16.2. The molecule has 0 bridgehead atoms. The number of thioether (sulfide) groups is 1. The van der Waals surface area contributed by atoms with Crippen molar-refractivity contribution in [1.29, 1.82) is 0 Å². The molecular weight excluding hydrogens is 440 g/mol. The Bertz CT molecular complexity index is 1110. The van der Waals surface area contributed by atoms with Crippen LogP contribution in [0.2, 0.25) is 0 Å². The van der Waals surface area contributed by atoms with Gasteiger partial charge in [0.05, 0.1) is 0 Å². The Morgan fingerprint density at radius 2 is 1.45 bits per heavy atom. The smallest absolute Gasteiger partial charge is 0.319 e. The molecule has 33 heavy (non-hydrogen) atoms. The van der Waals surface area contributed by atoms with E-state index in [2.05, 4.69) is 10.6 Å². The first kappa shape index (κ1) is 21.3. The number of hydrogen-bond donors (Lipinski definition) is 2. The lowest BCUT2D eigenvalue weighted by Crippen LogP contribution is -2.40. The number of amides is 2. The first-order valence-corrected chi connectivity index (χ1v) is 11.9. The molecule has 3 aromatic rings. The van der Waals surface area contributed by atoms with Gasteiger partial charge in [0.1, 0.15) is 0 Å². The highest BCUT2D eigenvalue weighted by Crippen LogP contribution is 2.34. The minimum Gasteiger partial charge on any atom is -0.454 e. The van der Waals surface area contributed by atoms with Crippen molar-refractivity contribution in [2.75, 3.05) is 25.2 Å². The highest BCUT2D eigenvalue weighted by Gasteiger charge is 2.20. The highest BCUT2D eigenvalue weighted by atomic mass is 32.2. The Kier molecular flexibility index (Phi) is 6.17. The molecule has 7 nitrogen and oxygen atoms in total. The molecule has 5 rings (SSSR count). The number of fused-ring (bicyclic) bond motifs is 2. The zero-order valence-corrected chi connectivity index (χ0v) is 18.9. The Morgan fingerprint density at radius 1 is 0.848 bits per heavy atom. The standard InChI is InChI=1S/C25H24N2O5S/c1-33-20-4-2-3-18(13-20)26-25(28)27-19(9-16-5-7-21-23(11-16)31-14-29-21)10-17-6-8-22-24(12-17)32-15-30-22/h2-8,11-13,19H,9-10,14-15H2,1H3,(H2,26,27,28). The number of urea groups is 1. The lowest BCUT2D eigenvalue weighted by molar-refractivity contribution is 0.173. The van der Waals surface area contributed by atoms with E-state index >= 15 is 0 Å². The number of carbonyl (C=O) groups is 1. The summed E-state index contributed by atoms with van der Waals surface area (Å²) >= 11 is 1.63. The lowest BCUT2D eigenvalue weighted by Gasteiger charge is -2.20. The van der Waals surface area contributed by atoms with Crippen LogP contribution in [0.15, 0.2) is 65.6 Å². The molecule has 3 aromatic carbocycles. The summed E-state index contributed by atoms with van der Waals surface area (Å²) in [6.45, 7) is 0.463. The van der Waals surface area contributed by atoms with Gasteiger partial charge in [0.2, 0.25) is 13.6 Å². The van der Waals surface area contributed by atoms with Gasteiger partial charge >= 0.3 is 6.03 Å². The molecule has 2 aliphatic heterocycles. The van der Waals surface area contributed by atoms with Crippen LogP contribution in [0.1, 0.15) is 11.1 Å². The summed E-state index contributed by atoms with van der Waals surface area (Å²) in [4.78, 5) is 13.9. The largest absolute Gasteiger partial charge is 0.454 e. The Balaban J connectivity index is 1.32. The van der Waals surface area contributed by atoms with Crippen LogP contribution < -0.4 is 29.6 Å². The van der Waals surface area contributed by atoms with Gasteiger partial charge in [-0.25, -0.2) is 4.79 Å². The molecule has 0 spiro atoms. The Morgan fingerprint density at radius 3 is 2.06 bits per heavy atom. The molecule has 8 heteroatoms. The molecule has 0 unspecified atom stereocenters. The maximum atomic E-state index is 12.9. The van der Waals surface area contributed by atoms with E-state index in [-0.39, 0.29) is 25.7 Å². The van der Waals surface area contributed by atoms with Gasteiger partial charge in [-0.3, -0.25) is 0 Å². The average molecular weight is 465 g/mol. The van der Waals surface area contributed by atoms with Crippen molar-refractivity contribution in [3.05, 3.63) is 71.8 Å². The third-order valence-corrected chi connectivity index (χ3v) is 6.23. The molecule has 2 N–H and O–H groups in total. The number of hydrogen-bond acceptors (Lipinski definition) is 6. The van der Waals surface area contributed by atoms with Gasteiger partial charge in [0, 0.05) is 16.6 Å². The lowest BCUT2D eigenvalue weighted by atomic mass is 9.98. The quantitative estimate of drug-likeness (QED) is 0.487. The zero-order chi connectivity index (χ0) is 22.6. The van der Waals surface area contributed by atoms with E-state index in [0.717, 1.165) is 44.7 Å². The highest BCUT2D eigenvalue weighted by molar-refractivity contribution is 7.98. The SMILES string of the molecule is CSc1cccc(NC(=O)NC(Cc2ccc3c(c2)OCO3)Cc2ccc3c(c2)OCO3)c1. The van der Waals surface area contributed by atoms with Crippen LogP contribution in [0.5, 0.6) is 23.0 Å². The maximum absolute atomic E-state index is 12.9. The van der Waals surface area contributed by atoms with Crippen molar-refractivity contribution < 1.29 is 23.7 Å². The van der Waals surface area contributed by atoms with E-state index < -0.39 is 0 Å². The summed E-state index contributed by atoms with van der Waals surface area (Å²) in [5.41, 5.74) is 2.86. The van der Waals surface area contributed by atoms with E-state index in [9.17, 15) is 4.79 Å². The predicted octanol–water partition coefficient (Wildman–Crippen LogP) is 4.84. The Hall–Kier alpha value is -3.52. The van der Waals surface area contributed by atoms with Crippen molar-refractivity contribution in [2.45, 2.75) is 23.8 Å². The normalized spacial score (nSPS) is 13.3. The summed E-state index contributed by atoms with van der Waals surface area (Å²) < 4.78 is 21.9. The molecule has 0 saturated carbocycles. The summed E-state index contributed by atoms with van der Waals surface area (Å²) in [7, 11) is 0. The average Bonchev–Trinajstić information content (AvgIpc) is 3.47. The van der Waals surface area contributed by atoms with Crippen LogP contribution >= 0.6 is 11.8 Å². The zero-order valence-electron chi connectivity index (χ0n) is 18.1. The molecular formula is C25H24N2O5S. The van der Waals surface area contributed by atoms with E-state index in [1.54, 1.807) is 11.8 Å². The van der Waals surface area contributed by atoms with Gasteiger partial charge in [-0.05, 0) is 72.7 Å². The van der Waals surface area contributed by atoms with E-state index in [1.807, 2.05) is 66.9 Å².